The molecule has 0 aliphatic carbocycles. The Hall–Kier alpha value is -1.71. The van der Waals surface area contributed by atoms with Gasteiger partial charge in [0, 0.05) is 27.7 Å². The molecule has 0 fully saturated rings. The van der Waals surface area contributed by atoms with Crippen LogP contribution < -0.4 is 5.32 Å². The Morgan fingerprint density at radius 3 is 2.82 bits per heavy atom. The largest absolute Gasteiger partial charge is 0.349 e. The number of halogens is 2. The molecule has 0 saturated heterocycles. The van der Waals surface area contributed by atoms with E-state index < -0.39 is 0 Å². The fraction of sp³-hybridized carbons (Fsp3) is 0.357. The first-order chi connectivity index (χ1) is 10.1. The van der Waals surface area contributed by atoms with Crippen LogP contribution in [0.3, 0.4) is 0 Å². The lowest BCUT2D eigenvalue weighted by molar-refractivity contribution is 0.472. The zero-order chi connectivity index (χ0) is 15.2. The standard InChI is InChI=1S/C14H19FN6.HI/c1-16-14(17-8-13-19-18-10-21(13)3)20(2)9-11-5-4-6-12(15)7-11;/h4-7,10H,8-9H2,1-3H3,(H,16,17);1H. The normalized spacial score (nSPS) is 11.0. The van der Waals surface area contributed by atoms with Gasteiger partial charge >= 0.3 is 0 Å². The van der Waals surface area contributed by atoms with Crippen molar-refractivity contribution in [1.82, 2.24) is 25.0 Å². The number of aliphatic imine (C=N–C) groups is 1. The van der Waals surface area contributed by atoms with E-state index in [9.17, 15) is 4.39 Å². The summed E-state index contributed by atoms with van der Waals surface area (Å²) in [5.74, 6) is 1.29. The molecule has 0 aliphatic heterocycles. The lowest BCUT2D eigenvalue weighted by atomic mass is 10.2. The van der Waals surface area contributed by atoms with E-state index in [2.05, 4.69) is 20.5 Å². The van der Waals surface area contributed by atoms with E-state index in [1.54, 1.807) is 19.4 Å². The summed E-state index contributed by atoms with van der Waals surface area (Å²) in [6.07, 6.45) is 1.65. The number of rotatable bonds is 4. The van der Waals surface area contributed by atoms with Crippen LogP contribution in [-0.2, 0) is 20.1 Å². The molecule has 6 nitrogen and oxygen atoms in total. The van der Waals surface area contributed by atoms with E-state index in [4.69, 9.17) is 0 Å². The van der Waals surface area contributed by atoms with Crippen molar-refractivity contribution in [3.05, 3.63) is 47.8 Å². The van der Waals surface area contributed by atoms with Gasteiger partial charge < -0.3 is 14.8 Å². The minimum Gasteiger partial charge on any atom is -0.349 e. The van der Waals surface area contributed by atoms with Crippen molar-refractivity contribution in [2.45, 2.75) is 13.1 Å². The van der Waals surface area contributed by atoms with E-state index in [0.717, 1.165) is 11.4 Å². The van der Waals surface area contributed by atoms with Gasteiger partial charge in [0.2, 0.25) is 0 Å². The van der Waals surface area contributed by atoms with Gasteiger partial charge in [-0.3, -0.25) is 4.99 Å². The van der Waals surface area contributed by atoms with Crippen LogP contribution in [0.2, 0.25) is 0 Å². The van der Waals surface area contributed by atoms with Gasteiger partial charge in [0.1, 0.15) is 12.1 Å². The van der Waals surface area contributed by atoms with Gasteiger partial charge in [-0.1, -0.05) is 12.1 Å². The van der Waals surface area contributed by atoms with Gasteiger partial charge in [-0.05, 0) is 17.7 Å². The lowest BCUT2D eigenvalue weighted by Gasteiger charge is -2.22. The molecule has 1 aromatic heterocycles. The highest BCUT2D eigenvalue weighted by Crippen LogP contribution is 2.06. The lowest BCUT2D eigenvalue weighted by Crippen LogP contribution is -2.38. The molecule has 1 N–H and O–H groups in total. The van der Waals surface area contributed by atoms with Crippen molar-refractivity contribution in [2.24, 2.45) is 12.0 Å². The molecule has 0 aliphatic rings. The van der Waals surface area contributed by atoms with Gasteiger partial charge in [0.25, 0.3) is 0 Å². The van der Waals surface area contributed by atoms with Crippen LogP contribution in [0.5, 0.6) is 0 Å². The molecule has 0 saturated carbocycles. The van der Waals surface area contributed by atoms with Crippen molar-refractivity contribution in [1.29, 1.82) is 0 Å². The summed E-state index contributed by atoms with van der Waals surface area (Å²) < 4.78 is 15.0. The van der Waals surface area contributed by atoms with Gasteiger partial charge in [0.05, 0.1) is 6.54 Å². The number of guanidine groups is 1. The summed E-state index contributed by atoms with van der Waals surface area (Å²) in [4.78, 5) is 6.14. The molecular weight excluding hydrogens is 398 g/mol. The first-order valence-corrected chi connectivity index (χ1v) is 6.59. The summed E-state index contributed by atoms with van der Waals surface area (Å²) in [5.41, 5.74) is 0.888. The number of hydrogen-bond acceptors (Lipinski definition) is 3. The van der Waals surface area contributed by atoms with E-state index in [-0.39, 0.29) is 29.8 Å². The SMILES string of the molecule is CN=C(NCc1nncn1C)N(C)Cc1cccc(F)c1.I. The van der Waals surface area contributed by atoms with Crippen LogP contribution in [0.25, 0.3) is 0 Å². The number of aromatic nitrogens is 3. The maximum absolute atomic E-state index is 13.2. The van der Waals surface area contributed by atoms with Gasteiger partial charge in [-0.2, -0.15) is 0 Å². The van der Waals surface area contributed by atoms with Gasteiger partial charge in [0.15, 0.2) is 11.8 Å². The monoisotopic (exact) mass is 418 g/mol. The topological polar surface area (TPSA) is 58.3 Å². The molecule has 22 heavy (non-hydrogen) atoms. The third-order valence-corrected chi connectivity index (χ3v) is 3.09. The quantitative estimate of drug-likeness (QED) is 0.468. The maximum Gasteiger partial charge on any atom is 0.194 e. The second-order valence-electron chi connectivity index (χ2n) is 4.74. The smallest absolute Gasteiger partial charge is 0.194 e. The van der Waals surface area contributed by atoms with Crippen LogP contribution in [0.15, 0.2) is 35.6 Å². The first kappa shape index (κ1) is 18.3. The predicted octanol–water partition coefficient (Wildman–Crippen LogP) is 1.78. The number of nitrogens with one attached hydrogen (secondary N) is 1. The van der Waals surface area contributed by atoms with Crippen molar-refractivity contribution >= 4 is 29.9 Å². The molecule has 1 aromatic carbocycles. The number of nitrogens with zero attached hydrogens (tertiary/aromatic N) is 5. The van der Waals surface area contributed by atoms with Gasteiger partial charge in [-0.15, -0.1) is 34.2 Å². The zero-order valence-corrected chi connectivity index (χ0v) is 15.2. The van der Waals surface area contributed by atoms with Crippen molar-refractivity contribution < 1.29 is 4.39 Å². The van der Waals surface area contributed by atoms with E-state index in [1.165, 1.54) is 12.1 Å². The molecular formula is C14H20FIN6. The molecule has 0 radical (unpaired) electrons. The second kappa shape index (κ2) is 8.66. The van der Waals surface area contributed by atoms with E-state index in [1.807, 2.05) is 29.6 Å². The molecule has 8 heteroatoms. The Morgan fingerprint density at radius 1 is 1.45 bits per heavy atom. The van der Waals surface area contributed by atoms with Crippen molar-refractivity contribution in [3.63, 3.8) is 0 Å². The Bertz CT molecular complexity index is 627. The van der Waals surface area contributed by atoms with Crippen LogP contribution in [-0.4, -0.2) is 39.7 Å². The average molecular weight is 418 g/mol. The fourth-order valence-corrected chi connectivity index (χ4v) is 1.99. The highest BCUT2D eigenvalue weighted by atomic mass is 127. The summed E-state index contributed by atoms with van der Waals surface area (Å²) >= 11 is 0. The van der Waals surface area contributed by atoms with Crippen LogP contribution >= 0.6 is 24.0 Å². The zero-order valence-electron chi connectivity index (χ0n) is 12.8. The molecule has 0 spiro atoms. The predicted molar refractivity (Wildman–Crippen MR) is 94.5 cm³/mol. The highest BCUT2D eigenvalue weighted by molar-refractivity contribution is 14.0. The van der Waals surface area contributed by atoms with Crippen LogP contribution in [0, 0.1) is 5.82 Å². The Morgan fingerprint density at radius 2 is 2.23 bits per heavy atom. The van der Waals surface area contributed by atoms with E-state index >= 15 is 0 Å². The minimum absolute atomic E-state index is 0. The van der Waals surface area contributed by atoms with Crippen LogP contribution in [0.4, 0.5) is 4.39 Å². The molecule has 0 atom stereocenters. The molecule has 120 valence electrons. The Balaban J connectivity index is 0.00000242. The van der Waals surface area contributed by atoms with E-state index in [0.29, 0.717) is 19.0 Å². The first-order valence-electron chi connectivity index (χ1n) is 6.59. The second-order valence-corrected chi connectivity index (χ2v) is 4.74. The molecule has 2 rings (SSSR count). The average Bonchev–Trinajstić information content (AvgIpc) is 2.85. The maximum atomic E-state index is 13.2. The van der Waals surface area contributed by atoms with Crippen molar-refractivity contribution in [3.8, 4) is 0 Å². The highest BCUT2D eigenvalue weighted by Gasteiger charge is 2.08. The third-order valence-electron chi connectivity index (χ3n) is 3.09. The number of hydrogen-bond donors (Lipinski definition) is 1. The Kier molecular flexibility index (Phi) is 7.22. The molecule has 2 aromatic rings. The van der Waals surface area contributed by atoms with Crippen LogP contribution in [0.1, 0.15) is 11.4 Å². The molecule has 0 unspecified atom stereocenters. The molecule has 0 amide bonds. The third kappa shape index (κ3) is 4.93. The van der Waals surface area contributed by atoms with Crippen molar-refractivity contribution in [2.75, 3.05) is 14.1 Å². The Labute approximate surface area is 146 Å². The minimum atomic E-state index is -0.233. The number of aryl methyl sites for hydroxylation is 1. The fourth-order valence-electron chi connectivity index (χ4n) is 1.99. The summed E-state index contributed by atoms with van der Waals surface area (Å²) in [6.45, 7) is 1.09. The molecule has 0 bridgehead atoms. The summed E-state index contributed by atoms with van der Waals surface area (Å²) in [5, 5.41) is 11.0. The molecule has 1 heterocycles. The number of benzene rings is 1. The summed E-state index contributed by atoms with van der Waals surface area (Å²) in [6, 6.07) is 6.54. The summed E-state index contributed by atoms with van der Waals surface area (Å²) in [7, 11) is 5.49. The van der Waals surface area contributed by atoms with Gasteiger partial charge in [-0.25, -0.2) is 4.39 Å².